The maximum absolute atomic E-state index is 12.5. The number of carbonyl (C=O) groups is 1. The van der Waals surface area contributed by atoms with E-state index in [0.29, 0.717) is 16.7 Å². The molecular formula is C21H21ClN6O. The Labute approximate surface area is 174 Å². The molecule has 1 amide bonds. The zero-order chi connectivity index (χ0) is 19.8. The molecule has 2 N–H and O–H groups in total. The van der Waals surface area contributed by atoms with E-state index in [4.69, 9.17) is 11.6 Å². The average Bonchev–Trinajstić information content (AvgIpc) is 3.32. The van der Waals surface area contributed by atoms with Crippen LogP contribution in [0.4, 0.5) is 5.69 Å². The van der Waals surface area contributed by atoms with E-state index in [9.17, 15) is 4.79 Å². The number of piperazine rings is 1. The molecule has 8 heteroatoms. The highest BCUT2D eigenvalue weighted by Gasteiger charge is 2.32. The molecule has 29 heavy (non-hydrogen) atoms. The van der Waals surface area contributed by atoms with Crippen LogP contribution in [0.15, 0.2) is 75.0 Å². The number of nitrogens with zero attached hydrogens (tertiary/aromatic N) is 4. The van der Waals surface area contributed by atoms with Crippen LogP contribution in [0.3, 0.4) is 0 Å². The molecule has 7 nitrogen and oxygen atoms in total. The largest absolute Gasteiger partial charge is 0.369 e. The molecule has 148 valence electrons. The van der Waals surface area contributed by atoms with E-state index in [-0.39, 0.29) is 18.0 Å². The Balaban J connectivity index is 1.27. The van der Waals surface area contributed by atoms with Crippen molar-refractivity contribution < 1.29 is 4.79 Å². The zero-order valence-electron chi connectivity index (χ0n) is 15.8. The van der Waals surface area contributed by atoms with Gasteiger partial charge in [0, 0.05) is 50.2 Å². The first-order valence-electron chi connectivity index (χ1n) is 9.71. The average molecular weight is 409 g/mol. The van der Waals surface area contributed by atoms with E-state index in [1.165, 1.54) is 5.69 Å². The number of hydrogen-bond acceptors (Lipinski definition) is 6. The summed E-state index contributed by atoms with van der Waals surface area (Å²) in [6, 6.07) is 10.4. The predicted molar refractivity (Wildman–Crippen MR) is 115 cm³/mol. The minimum Gasteiger partial charge on any atom is -0.369 e. The topological polar surface area (TPSA) is 72.3 Å². The van der Waals surface area contributed by atoms with Crippen LogP contribution >= 0.6 is 11.6 Å². The summed E-state index contributed by atoms with van der Waals surface area (Å²) in [5.41, 5.74) is 2.59. The van der Waals surface area contributed by atoms with Gasteiger partial charge in [0.1, 0.15) is 11.9 Å². The van der Waals surface area contributed by atoms with Crippen LogP contribution in [0.1, 0.15) is 0 Å². The number of guanidine groups is 1. The summed E-state index contributed by atoms with van der Waals surface area (Å²) < 4.78 is 0. The van der Waals surface area contributed by atoms with Crippen LogP contribution in [-0.4, -0.2) is 55.3 Å². The summed E-state index contributed by atoms with van der Waals surface area (Å²) in [7, 11) is 0. The zero-order valence-corrected chi connectivity index (χ0v) is 16.5. The van der Waals surface area contributed by atoms with Gasteiger partial charge in [-0.1, -0.05) is 35.9 Å². The van der Waals surface area contributed by atoms with Crippen LogP contribution < -0.4 is 15.5 Å². The number of amides is 1. The highest BCUT2D eigenvalue weighted by Crippen LogP contribution is 2.30. The van der Waals surface area contributed by atoms with Crippen LogP contribution in [0, 0.1) is 5.92 Å². The van der Waals surface area contributed by atoms with E-state index in [0.717, 1.165) is 31.8 Å². The minimum absolute atomic E-state index is 0.0152. The Kier molecular flexibility index (Phi) is 4.60. The van der Waals surface area contributed by atoms with Gasteiger partial charge in [-0.3, -0.25) is 15.1 Å². The minimum atomic E-state index is -0.177. The summed E-state index contributed by atoms with van der Waals surface area (Å²) in [5, 5.41) is 6.73. The molecule has 0 saturated carbocycles. The normalized spacial score (nSPS) is 27.3. The molecule has 0 bridgehead atoms. The predicted octanol–water partition coefficient (Wildman–Crippen LogP) is 1.81. The van der Waals surface area contributed by atoms with Crippen molar-refractivity contribution in [2.75, 3.05) is 31.1 Å². The highest BCUT2D eigenvalue weighted by atomic mass is 35.5. The molecular weight excluding hydrogens is 388 g/mol. The lowest BCUT2D eigenvalue weighted by Gasteiger charge is -2.36. The lowest BCUT2D eigenvalue weighted by Crippen LogP contribution is -2.52. The van der Waals surface area contributed by atoms with Crippen molar-refractivity contribution in [2.24, 2.45) is 15.9 Å². The van der Waals surface area contributed by atoms with Gasteiger partial charge in [-0.05, 0) is 23.8 Å². The number of aliphatic imine (C=N–C) groups is 2. The standard InChI is InChI=1S/C21H21ClN6O/c22-15-11-17-14(12-23-19(17)24-13-15)10-18-20(29)26-21(25-18)28-8-6-27(7-9-28)16-4-2-1-3-5-16/h1-5,10-13,17,19,23H,6-9H2,(H,25,26,29)/b18-10-. The number of dihydropyridines is 1. The molecule has 4 aliphatic heterocycles. The van der Waals surface area contributed by atoms with Crippen molar-refractivity contribution in [3.8, 4) is 0 Å². The Morgan fingerprint density at radius 3 is 2.66 bits per heavy atom. The number of nitrogens with one attached hydrogen (secondary N) is 2. The lowest BCUT2D eigenvalue weighted by atomic mass is 9.97. The number of allylic oxidation sites excluding steroid dienone is 2. The number of benzene rings is 1. The number of halogens is 1. The molecule has 0 radical (unpaired) electrons. The second kappa shape index (κ2) is 7.40. The Morgan fingerprint density at radius 1 is 1.10 bits per heavy atom. The van der Waals surface area contributed by atoms with Gasteiger partial charge in [0.2, 0.25) is 5.96 Å². The summed E-state index contributed by atoms with van der Waals surface area (Å²) in [6.07, 6.45) is 7.23. The van der Waals surface area contributed by atoms with Gasteiger partial charge in [0.05, 0.1) is 5.03 Å². The fourth-order valence-corrected chi connectivity index (χ4v) is 4.16. The van der Waals surface area contributed by atoms with Gasteiger partial charge in [0.15, 0.2) is 0 Å². The van der Waals surface area contributed by atoms with E-state index in [1.807, 2.05) is 24.4 Å². The first kappa shape index (κ1) is 18.0. The first-order valence-corrected chi connectivity index (χ1v) is 10.1. The maximum atomic E-state index is 12.5. The number of rotatable bonds is 2. The van der Waals surface area contributed by atoms with Crippen molar-refractivity contribution >= 4 is 35.4 Å². The molecule has 1 aromatic rings. The molecule has 1 fully saturated rings. The molecule has 2 unspecified atom stereocenters. The number of hydrogen-bond donors (Lipinski definition) is 2. The summed E-state index contributed by atoms with van der Waals surface area (Å²) in [5.74, 6) is 0.470. The molecule has 4 aliphatic rings. The van der Waals surface area contributed by atoms with Crippen LogP contribution in [0.5, 0.6) is 0 Å². The Bertz CT molecular complexity index is 972. The van der Waals surface area contributed by atoms with Crippen LogP contribution in [-0.2, 0) is 4.79 Å². The Hall–Kier alpha value is -3.06. The number of carbonyl (C=O) groups excluding carboxylic acids is 1. The second-order valence-corrected chi connectivity index (χ2v) is 7.78. The van der Waals surface area contributed by atoms with Crippen molar-refractivity contribution in [3.05, 3.63) is 65.0 Å². The highest BCUT2D eigenvalue weighted by molar-refractivity contribution is 6.39. The van der Waals surface area contributed by atoms with Gasteiger partial charge in [0.25, 0.3) is 5.91 Å². The fraction of sp³-hybridized carbons (Fsp3) is 0.286. The van der Waals surface area contributed by atoms with Gasteiger partial charge in [-0.2, -0.15) is 0 Å². The summed E-state index contributed by atoms with van der Waals surface area (Å²) >= 11 is 6.09. The molecule has 1 aromatic carbocycles. The molecule has 0 aliphatic carbocycles. The van der Waals surface area contributed by atoms with Crippen molar-refractivity contribution in [3.63, 3.8) is 0 Å². The van der Waals surface area contributed by atoms with Crippen LogP contribution in [0.2, 0.25) is 0 Å². The smallest absolute Gasteiger partial charge is 0.276 e. The van der Waals surface area contributed by atoms with Crippen molar-refractivity contribution in [2.45, 2.75) is 6.17 Å². The quantitative estimate of drug-likeness (QED) is 0.732. The second-order valence-electron chi connectivity index (χ2n) is 7.34. The number of fused-ring (bicyclic) bond motifs is 1. The van der Waals surface area contributed by atoms with E-state index in [1.54, 1.807) is 6.21 Å². The fourth-order valence-electron chi connectivity index (χ4n) is 3.97. The van der Waals surface area contributed by atoms with E-state index >= 15 is 0 Å². The van der Waals surface area contributed by atoms with E-state index < -0.39 is 0 Å². The molecule has 2 atom stereocenters. The molecule has 5 rings (SSSR count). The van der Waals surface area contributed by atoms with Gasteiger partial charge in [-0.15, -0.1) is 0 Å². The molecule has 1 saturated heterocycles. The Morgan fingerprint density at radius 2 is 1.86 bits per heavy atom. The third kappa shape index (κ3) is 3.53. The lowest BCUT2D eigenvalue weighted by molar-refractivity contribution is -0.115. The maximum Gasteiger partial charge on any atom is 0.276 e. The third-order valence-corrected chi connectivity index (χ3v) is 5.75. The molecule has 4 heterocycles. The molecule has 0 aromatic heterocycles. The summed E-state index contributed by atoms with van der Waals surface area (Å²) in [4.78, 5) is 25.9. The SMILES string of the molecule is O=C1NC(N2CCN(c3ccccc3)CC2)=N/C1=C\C1=CNC2N=CC(Cl)=CC12. The van der Waals surface area contributed by atoms with Crippen molar-refractivity contribution in [1.82, 2.24) is 15.5 Å². The van der Waals surface area contributed by atoms with E-state index in [2.05, 4.69) is 54.7 Å². The van der Waals surface area contributed by atoms with Crippen LogP contribution in [0.25, 0.3) is 0 Å². The van der Waals surface area contributed by atoms with Gasteiger partial charge in [-0.25, -0.2) is 4.99 Å². The van der Waals surface area contributed by atoms with Gasteiger partial charge < -0.3 is 15.1 Å². The number of anilines is 1. The monoisotopic (exact) mass is 408 g/mol. The summed E-state index contributed by atoms with van der Waals surface area (Å²) in [6.45, 7) is 3.39. The first-order chi connectivity index (χ1) is 14.2. The third-order valence-electron chi connectivity index (χ3n) is 5.53. The number of para-hydroxylation sites is 1. The van der Waals surface area contributed by atoms with Crippen molar-refractivity contribution in [1.29, 1.82) is 0 Å². The molecule has 0 spiro atoms. The van der Waals surface area contributed by atoms with Gasteiger partial charge >= 0.3 is 0 Å².